The van der Waals surface area contributed by atoms with Gasteiger partial charge in [0.1, 0.15) is 22.5 Å². The molecule has 0 saturated carbocycles. The summed E-state index contributed by atoms with van der Waals surface area (Å²) in [4.78, 5) is 35.5. The minimum Gasteiger partial charge on any atom is -0.507 e. The van der Waals surface area contributed by atoms with E-state index in [4.69, 9.17) is 14.6 Å². The topological polar surface area (TPSA) is 144 Å². The number of fused-ring (bicyclic) bond motifs is 3. The molecule has 0 spiro atoms. The quantitative estimate of drug-likeness (QED) is 0.462. The molecule has 4 N–H and O–H groups in total. The second kappa shape index (κ2) is 6.27. The van der Waals surface area contributed by atoms with Crippen LogP contribution in [0.4, 0.5) is 0 Å². The Kier molecular flexibility index (Phi) is 3.89. The van der Waals surface area contributed by atoms with Crippen LogP contribution in [0.1, 0.15) is 15.9 Å². The fourth-order valence-electron chi connectivity index (χ4n) is 3.19. The number of benzene rings is 2. The minimum atomic E-state index is -1.18. The number of para-hydroxylation sites is 1. The number of carbonyl (C=O) groups is 2. The first-order chi connectivity index (χ1) is 13.4. The van der Waals surface area contributed by atoms with Crippen molar-refractivity contribution in [2.75, 3.05) is 0 Å². The van der Waals surface area contributed by atoms with Crippen LogP contribution in [0.3, 0.4) is 0 Å². The molecule has 28 heavy (non-hydrogen) atoms. The molecule has 0 fully saturated rings. The predicted molar refractivity (Wildman–Crippen MR) is 99.2 cm³/mol. The smallest absolute Gasteiger partial charge is 0.347 e. The Morgan fingerprint density at radius 3 is 2.54 bits per heavy atom. The van der Waals surface area contributed by atoms with E-state index in [0.29, 0.717) is 16.5 Å². The molecule has 4 rings (SSSR count). The van der Waals surface area contributed by atoms with Crippen LogP contribution in [-0.2, 0) is 11.2 Å². The summed E-state index contributed by atoms with van der Waals surface area (Å²) in [6.45, 7) is 0. The normalized spacial score (nSPS) is 11.1. The van der Waals surface area contributed by atoms with Gasteiger partial charge in [-0.25, -0.2) is 4.79 Å². The highest BCUT2D eigenvalue weighted by molar-refractivity contribution is 6.05. The van der Waals surface area contributed by atoms with Gasteiger partial charge in [-0.1, -0.05) is 12.1 Å². The molecule has 2 heterocycles. The Balaban J connectivity index is 2.11. The first kappa shape index (κ1) is 17.3. The SMILES string of the molecule is NC(=O)c1cc(-c2oc3c(c2CC(=O)O)c(=O)oc2ccccc23)ccc1O. The summed E-state index contributed by atoms with van der Waals surface area (Å²) in [6.07, 6.45) is -0.502. The Bertz CT molecular complexity index is 1330. The van der Waals surface area contributed by atoms with E-state index in [-0.39, 0.29) is 33.6 Å². The highest BCUT2D eigenvalue weighted by Crippen LogP contribution is 2.37. The molecule has 0 unspecified atom stereocenters. The highest BCUT2D eigenvalue weighted by atomic mass is 16.4. The first-order valence-corrected chi connectivity index (χ1v) is 8.19. The monoisotopic (exact) mass is 379 g/mol. The van der Waals surface area contributed by atoms with Gasteiger partial charge in [-0.2, -0.15) is 0 Å². The number of primary amides is 1. The number of aromatic hydroxyl groups is 1. The molecule has 8 nitrogen and oxygen atoms in total. The number of carbonyl (C=O) groups excluding carboxylic acids is 1. The Morgan fingerprint density at radius 1 is 1.07 bits per heavy atom. The molecule has 0 bridgehead atoms. The summed E-state index contributed by atoms with van der Waals surface area (Å²) in [5.74, 6) is -2.27. The molecule has 140 valence electrons. The Labute approximate surface area is 156 Å². The van der Waals surface area contributed by atoms with E-state index in [1.165, 1.54) is 18.2 Å². The van der Waals surface area contributed by atoms with Crippen LogP contribution < -0.4 is 11.4 Å². The van der Waals surface area contributed by atoms with Gasteiger partial charge in [-0.15, -0.1) is 0 Å². The van der Waals surface area contributed by atoms with Crippen LogP contribution in [0.25, 0.3) is 33.3 Å². The van der Waals surface area contributed by atoms with Gasteiger partial charge in [-0.3, -0.25) is 9.59 Å². The number of nitrogens with two attached hydrogens (primary N) is 1. The number of furan rings is 1. The van der Waals surface area contributed by atoms with Crippen molar-refractivity contribution in [1.29, 1.82) is 0 Å². The predicted octanol–water partition coefficient (Wildman–Crippen LogP) is 2.64. The number of rotatable bonds is 4. The van der Waals surface area contributed by atoms with Crippen LogP contribution >= 0.6 is 0 Å². The molecule has 8 heteroatoms. The van der Waals surface area contributed by atoms with Gasteiger partial charge in [0.2, 0.25) is 0 Å². The molecular weight excluding hydrogens is 366 g/mol. The number of aliphatic carboxylic acids is 1. The maximum absolute atomic E-state index is 12.5. The summed E-state index contributed by atoms with van der Waals surface area (Å²) in [7, 11) is 0. The lowest BCUT2D eigenvalue weighted by molar-refractivity contribution is -0.136. The van der Waals surface area contributed by atoms with E-state index >= 15 is 0 Å². The van der Waals surface area contributed by atoms with Crippen LogP contribution in [0.2, 0.25) is 0 Å². The zero-order valence-corrected chi connectivity index (χ0v) is 14.3. The molecular formula is C20H13NO7. The Morgan fingerprint density at radius 2 is 1.82 bits per heavy atom. The van der Waals surface area contributed by atoms with E-state index in [2.05, 4.69) is 0 Å². The highest BCUT2D eigenvalue weighted by Gasteiger charge is 2.24. The average Bonchev–Trinajstić information content (AvgIpc) is 3.01. The molecule has 2 aromatic heterocycles. The van der Waals surface area contributed by atoms with Gasteiger partial charge in [0.15, 0.2) is 5.58 Å². The van der Waals surface area contributed by atoms with Crippen molar-refractivity contribution in [3.8, 4) is 17.1 Å². The number of hydrogen-bond donors (Lipinski definition) is 3. The number of hydrogen-bond acceptors (Lipinski definition) is 6. The fraction of sp³-hybridized carbons (Fsp3) is 0.0500. The maximum Gasteiger partial charge on any atom is 0.347 e. The molecule has 2 aromatic carbocycles. The zero-order chi connectivity index (χ0) is 20.0. The largest absolute Gasteiger partial charge is 0.507 e. The van der Waals surface area contributed by atoms with Crippen LogP contribution in [0.15, 0.2) is 56.1 Å². The van der Waals surface area contributed by atoms with Crippen molar-refractivity contribution in [2.45, 2.75) is 6.42 Å². The van der Waals surface area contributed by atoms with E-state index in [0.717, 1.165) is 0 Å². The van der Waals surface area contributed by atoms with Crippen molar-refractivity contribution in [2.24, 2.45) is 5.73 Å². The number of phenols is 1. The van der Waals surface area contributed by atoms with Crippen molar-refractivity contribution in [3.05, 3.63) is 64.0 Å². The van der Waals surface area contributed by atoms with E-state index in [9.17, 15) is 24.6 Å². The molecule has 0 saturated heterocycles. The molecule has 0 aliphatic heterocycles. The summed E-state index contributed by atoms with van der Waals surface area (Å²) in [6, 6.07) is 10.7. The zero-order valence-electron chi connectivity index (χ0n) is 14.3. The van der Waals surface area contributed by atoms with Gasteiger partial charge in [-0.05, 0) is 30.3 Å². The van der Waals surface area contributed by atoms with Crippen molar-refractivity contribution in [3.63, 3.8) is 0 Å². The number of amides is 1. The third-order valence-electron chi connectivity index (χ3n) is 4.40. The van der Waals surface area contributed by atoms with Gasteiger partial charge in [0, 0.05) is 11.1 Å². The van der Waals surface area contributed by atoms with Gasteiger partial charge in [0.05, 0.1) is 17.4 Å². The molecule has 0 aliphatic carbocycles. The molecule has 1 amide bonds. The molecule has 4 aromatic rings. The second-order valence-electron chi connectivity index (χ2n) is 6.17. The minimum absolute atomic E-state index is 0.0183. The average molecular weight is 379 g/mol. The van der Waals surface area contributed by atoms with E-state index in [1.54, 1.807) is 24.3 Å². The number of carboxylic acid groups (broad SMARTS) is 1. The van der Waals surface area contributed by atoms with Gasteiger partial charge < -0.3 is 24.8 Å². The number of carboxylic acids is 1. The van der Waals surface area contributed by atoms with Gasteiger partial charge in [0.25, 0.3) is 5.91 Å². The van der Waals surface area contributed by atoms with Gasteiger partial charge >= 0.3 is 11.6 Å². The fourth-order valence-corrected chi connectivity index (χ4v) is 3.19. The maximum atomic E-state index is 12.5. The lowest BCUT2D eigenvalue weighted by Crippen LogP contribution is -2.11. The lowest BCUT2D eigenvalue weighted by Gasteiger charge is -2.05. The molecule has 0 radical (unpaired) electrons. The summed E-state index contributed by atoms with van der Waals surface area (Å²) >= 11 is 0. The van der Waals surface area contributed by atoms with Crippen molar-refractivity contribution in [1.82, 2.24) is 0 Å². The molecule has 0 aliphatic rings. The third kappa shape index (κ3) is 2.67. The third-order valence-corrected chi connectivity index (χ3v) is 4.40. The first-order valence-electron chi connectivity index (χ1n) is 8.19. The van der Waals surface area contributed by atoms with E-state index in [1.807, 2.05) is 0 Å². The summed E-state index contributed by atoms with van der Waals surface area (Å²) in [5, 5.41) is 19.6. The van der Waals surface area contributed by atoms with Crippen molar-refractivity contribution >= 4 is 33.8 Å². The Hall–Kier alpha value is -4.07. The standard InChI is InChI=1S/C20H13NO7/c21-19(25)11-7-9(5-6-13(11)22)17-12(8-15(23)24)16-18(28-17)10-3-1-2-4-14(10)27-20(16)26/h1-7,22H,8H2,(H2,21,25)(H,23,24). The summed E-state index contributed by atoms with van der Waals surface area (Å²) in [5.41, 5.74) is 5.27. The summed E-state index contributed by atoms with van der Waals surface area (Å²) < 4.78 is 11.2. The van der Waals surface area contributed by atoms with Crippen molar-refractivity contribution < 1.29 is 28.6 Å². The van der Waals surface area contributed by atoms with Crippen LogP contribution in [0.5, 0.6) is 5.75 Å². The lowest BCUT2D eigenvalue weighted by atomic mass is 10.0. The second-order valence-corrected chi connectivity index (χ2v) is 6.17. The van der Waals surface area contributed by atoms with Crippen LogP contribution in [0, 0.1) is 0 Å². The molecule has 0 atom stereocenters. The van der Waals surface area contributed by atoms with Crippen LogP contribution in [-0.4, -0.2) is 22.1 Å². The van der Waals surface area contributed by atoms with E-state index < -0.39 is 23.9 Å².